The Morgan fingerprint density at radius 2 is 2.27 bits per heavy atom. The number of hydrogen-bond acceptors (Lipinski definition) is 3. The molecule has 5 heteroatoms. The van der Waals surface area contributed by atoms with Gasteiger partial charge in [-0.15, -0.1) is 0 Å². The second-order valence-electron chi connectivity index (χ2n) is 2.83. The van der Waals surface area contributed by atoms with Gasteiger partial charge in [-0.05, 0) is 0 Å². The van der Waals surface area contributed by atoms with E-state index in [1.165, 1.54) is 0 Å². The van der Waals surface area contributed by atoms with Crippen molar-refractivity contribution in [1.82, 2.24) is 0 Å². The Hall–Kier alpha value is -0.125. The van der Waals surface area contributed by atoms with Crippen LogP contribution in [0.3, 0.4) is 0 Å². The van der Waals surface area contributed by atoms with Gasteiger partial charge in [-0.3, -0.25) is 0 Å². The van der Waals surface area contributed by atoms with Gasteiger partial charge in [-0.1, -0.05) is 6.92 Å². The summed E-state index contributed by atoms with van der Waals surface area (Å²) in [4.78, 5) is 0. The number of hydrogen-bond donors (Lipinski definition) is 2. The molecule has 62 valence electrons. The second-order valence-corrected chi connectivity index (χ2v) is 2.83. The lowest BCUT2D eigenvalue weighted by Gasteiger charge is -2.20. The quantitative estimate of drug-likeness (QED) is 0.492. The molecule has 0 saturated carbocycles. The maximum atomic E-state index is 13.1. The molecule has 0 amide bonds. The maximum Gasteiger partial charge on any atom is 0.258 e. The van der Waals surface area contributed by atoms with Crippen molar-refractivity contribution < 1.29 is 19.3 Å². The van der Waals surface area contributed by atoms with Crippen molar-refractivity contribution >= 4 is 7.85 Å². The van der Waals surface area contributed by atoms with Crippen LogP contribution in [0.25, 0.3) is 0 Å². The average Bonchev–Trinajstić information content (AvgIpc) is 2.17. The lowest BCUT2D eigenvalue weighted by atomic mass is 9.86. The van der Waals surface area contributed by atoms with Crippen LogP contribution in [0.4, 0.5) is 4.39 Å². The van der Waals surface area contributed by atoms with E-state index in [0.717, 1.165) is 0 Å². The fraction of sp³-hybridized carbons (Fsp3) is 1.00. The highest BCUT2D eigenvalue weighted by atomic mass is 19.2. The first-order valence-electron chi connectivity index (χ1n) is 3.42. The first kappa shape index (κ1) is 8.97. The highest BCUT2D eigenvalue weighted by molar-refractivity contribution is 6.11. The second kappa shape index (κ2) is 2.73. The lowest BCUT2D eigenvalue weighted by molar-refractivity contribution is -0.185. The molecule has 0 aromatic rings. The van der Waals surface area contributed by atoms with E-state index in [1.807, 2.05) is 0 Å². The minimum Gasteiger partial charge on any atom is -0.390 e. The van der Waals surface area contributed by atoms with Crippen LogP contribution >= 0.6 is 0 Å². The van der Waals surface area contributed by atoms with Crippen LogP contribution in [-0.2, 0) is 4.74 Å². The Morgan fingerprint density at radius 1 is 1.73 bits per heavy atom. The Bertz CT molecular complexity index is 157. The van der Waals surface area contributed by atoms with Gasteiger partial charge < -0.3 is 14.9 Å². The first-order valence-corrected chi connectivity index (χ1v) is 3.42. The number of alkyl halides is 1. The van der Waals surface area contributed by atoms with Crippen molar-refractivity contribution in [3.8, 4) is 0 Å². The van der Waals surface area contributed by atoms with Gasteiger partial charge in [-0.2, -0.15) is 0 Å². The topological polar surface area (TPSA) is 49.7 Å². The minimum atomic E-state index is -2.38. The highest BCUT2D eigenvalue weighted by Gasteiger charge is 2.51. The lowest BCUT2D eigenvalue weighted by Crippen LogP contribution is -2.39. The number of rotatable bonds is 1. The van der Waals surface area contributed by atoms with Gasteiger partial charge in [0.2, 0.25) is 0 Å². The fourth-order valence-electron chi connectivity index (χ4n) is 1.11. The molecular formula is C6H10BFO3. The molecule has 0 aliphatic carbocycles. The zero-order valence-electron chi connectivity index (χ0n) is 6.20. The van der Waals surface area contributed by atoms with Crippen molar-refractivity contribution in [3.63, 3.8) is 0 Å². The van der Waals surface area contributed by atoms with Crippen LogP contribution in [0.5, 0.6) is 0 Å². The number of aliphatic hydroxyl groups excluding tert-OH is 2. The van der Waals surface area contributed by atoms with Gasteiger partial charge in [0.25, 0.3) is 5.85 Å². The van der Waals surface area contributed by atoms with Crippen LogP contribution in [0.2, 0.25) is 0 Å². The molecule has 11 heavy (non-hydrogen) atoms. The molecular weight excluding hydrogens is 150 g/mol. The van der Waals surface area contributed by atoms with E-state index >= 15 is 0 Å². The minimum absolute atomic E-state index is 0.493. The van der Waals surface area contributed by atoms with Crippen LogP contribution in [0.15, 0.2) is 0 Å². The Labute approximate surface area is 65.6 Å². The molecule has 0 bridgehead atoms. The Kier molecular flexibility index (Phi) is 2.23. The van der Waals surface area contributed by atoms with Crippen LogP contribution in [0.1, 0.15) is 6.92 Å². The predicted octanol–water partition coefficient (Wildman–Crippen LogP) is -0.834. The SMILES string of the molecule is [B][C@@H]1O[C@](F)(CO)[C@@H](O)[C@H]1C. The standard InChI is InChI=1S/C6H10BFO3/c1-3-4(10)6(8,2-9)11-5(3)7/h3-5,9-10H,2H2,1H3/t3-,4+,5-,6-/m1/s1. The fourth-order valence-corrected chi connectivity index (χ4v) is 1.11. The molecule has 1 rings (SSSR count). The highest BCUT2D eigenvalue weighted by Crippen LogP contribution is 2.34. The molecule has 1 aliphatic heterocycles. The molecule has 1 fully saturated rings. The summed E-state index contributed by atoms with van der Waals surface area (Å²) < 4.78 is 17.7. The molecule has 4 atom stereocenters. The van der Waals surface area contributed by atoms with Crippen molar-refractivity contribution in [2.24, 2.45) is 5.92 Å². The summed E-state index contributed by atoms with van der Waals surface area (Å²) in [5.41, 5.74) is 0. The van der Waals surface area contributed by atoms with Gasteiger partial charge in [-0.25, -0.2) is 4.39 Å². The molecule has 1 aliphatic rings. The van der Waals surface area contributed by atoms with Gasteiger partial charge in [0.1, 0.15) is 20.6 Å². The number of ether oxygens (including phenoxy) is 1. The molecule has 2 radical (unpaired) electrons. The summed E-state index contributed by atoms with van der Waals surface area (Å²) >= 11 is 0. The van der Waals surface area contributed by atoms with Crippen LogP contribution < -0.4 is 0 Å². The molecule has 0 aromatic heterocycles. The molecule has 0 aromatic carbocycles. The molecule has 0 spiro atoms. The van der Waals surface area contributed by atoms with E-state index in [0.29, 0.717) is 0 Å². The number of aliphatic hydroxyl groups is 2. The van der Waals surface area contributed by atoms with Crippen molar-refractivity contribution in [2.45, 2.75) is 24.9 Å². The van der Waals surface area contributed by atoms with E-state index in [4.69, 9.17) is 18.1 Å². The van der Waals surface area contributed by atoms with Gasteiger partial charge >= 0.3 is 0 Å². The average molecular weight is 160 g/mol. The maximum absolute atomic E-state index is 13.1. The summed E-state index contributed by atoms with van der Waals surface area (Å²) in [5, 5.41) is 17.7. The largest absolute Gasteiger partial charge is 0.390 e. The Balaban J connectivity index is 2.73. The summed E-state index contributed by atoms with van der Waals surface area (Å²) in [7, 11) is 5.29. The predicted molar refractivity (Wildman–Crippen MR) is 36.7 cm³/mol. The monoisotopic (exact) mass is 160 g/mol. The normalized spacial score (nSPS) is 51.5. The van der Waals surface area contributed by atoms with Gasteiger partial charge in [0, 0.05) is 11.9 Å². The van der Waals surface area contributed by atoms with E-state index in [1.54, 1.807) is 6.92 Å². The van der Waals surface area contributed by atoms with E-state index in [2.05, 4.69) is 4.74 Å². The molecule has 2 N–H and O–H groups in total. The van der Waals surface area contributed by atoms with Crippen LogP contribution in [0, 0.1) is 5.92 Å². The van der Waals surface area contributed by atoms with E-state index in [9.17, 15) is 4.39 Å². The smallest absolute Gasteiger partial charge is 0.258 e. The summed E-state index contributed by atoms with van der Waals surface area (Å²) in [6.07, 6.45) is -1.34. The summed E-state index contributed by atoms with van der Waals surface area (Å²) in [5.74, 6) is -2.87. The third-order valence-electron chi connectivity index (χ3n) is 2.01. The van der Waals surface area contributed by atoms with Crippen LogP contribution in [-0.4, -0.2) is 42.6 Å². The zero-order chi connectivity index (χ0) is 8.65. The van der Waals surface area contributed by atoms with Crippen molar-refractivity contribution in [1.29, 1.82) is 0 Å². The third-order valence-corrected chi connectivity index (χ3v) is 2.01. The summed E-state index contributed by atoms with van der Waals surface area (Å²) in [6, 6.07) is -0.845. The molecule has 1 heterocycles. The van der Waals surface area contributed by atoms with Crippen molar-refractivity contribution in [3.05, 3.63) is 0 Å². The number of halogens is 1. The Morgan fingerprint density at radius 3 is 2.45 bits per heavy atom. The zero-order valence-corrected chi connectivity index (χ0v) is 6.20. The van der Waals surface area contributed by atoms with Crippen molar-refractivity contribution in [2.75, 3.05) is 6.61 Å². The van der Waals surface area contributed by atoms with Gasteiger partial charge in [0.05, 0.1) is 0 Å². The van der Waals surface area contributed by atoms with E-state index < -0.39 is 30.5 Å². The molecule has 0 unspecified atom stereocenters. The van der Waals surface area contributed by atoms with E-state index in [-0.39, 0.29) is 0 Å². The summed E-state index contributed by atoms with van der Waals surface area (Å²) in [6.45, 7) is 0.693. The van der Waals surface area contributed by atoms with Gasteiger partial charge in [0.15, 0.2) is 0 Å². The third kappa shape index (κ3) is 1.28. The molecule has 3 nitrogen and oxygen atoms in total. The molecule has 1 saturated heterocycles. The first-order chi connectivity index (χ1) is 5.01.